The molecule has 0 amide bonds. The van der Waals surface area contributed by atoms with E-state index in [4.69, 9.17) is 14.6 Å². The summed E-state index contributed by atoms with van der Waals surface area (Å²) in [7, 11) is 1.54. The third-order valence-electron chi connectivity index (χ3n) is 3.38. The molecule has 0 aliphatic rings. The molecule has 0 bridgehead atoms. The molecule has 0 heterocycles. The van der Waals surface area contributed by atoms with Crippen molar-refractivity contribution in [1.82, 2.24) is 0 Å². The van der Waals surface area contributed by atoms with E-state index in [9.17, 15) is 14.4 Å². The monoisotopic (exact) mass is 364 g/mol. The number of aliphatic carboxylic acids is 1. The largest absolute Gasteiger partial charge is 0.478 e. The van der Waals surface area contributed by atoms with Gasteiger partial charge in [0.15, 0.2) is 0 Å². The minimum absolute atomic E-state index is 0.136. The van der Waals surface area contributed by atoms with Crippen LogP contribution in [0.1, 0.15) is 32.3 Å². The van der Waals surface area contributed by atoms with Crippen LogP contribution in [0, 0.1) is 5.92 Å². The Kier molecular flexibility index (Phi) is 12.5. The van der Waals surface area contributed by atoms with Gasteiger partial charge in [0.05, 0.1) is 19.1 Å². The van der Waals surface area contributed by atoms with Crippen molar-refractivity contribution in [1.29, 1.82) is 0 Å². The molecule has 0 spiro atoms. The van der Waals surface area contributed by atoms with E-state index in [1.807, 2.05) is 37.3 Å². The van der Waals surface area contributed by atoms with E-state index in [1.54, 1.807) is 7.11 Å². The average molecular weight is 364 g/mol. The fourth-order valence-corrected chi connectivity index (χ4v) is 2.05. The first kappa shape index (κ1) is 23.5. The summed E-state index contributed by atoms with van der Waals surface area (Å²) in [6, 6.07) is 9.83. The Morgan fingerprint density at radius 2 is 1.85 bits per heavy atom. The van der Waals surface area contributed by atoms with Crippen LogP contribution >= 0.6 is 0 Å². The summed E-state index contributed by atoms with van der Waals surface area (Å²) in [5.74, 6) is -1.36. The molecule has 0 saturated heterocycles. The molecule has 0 saturated carbocycles. The molecule has 1 rings (SSSR count). The Bertz CT molecular complexity index is 555. The predicted molar refractivity (Wildman–Crippen MR) is 98.8 cm³/mol. The fourth-order valence-electron chi connectivity index (χ4n) is 2.05. The summed E-state index contributed by atoms with van der Waals surface area (Å²) in [6.07, 6.45) is 2.12. The molecule has 144 valence electrons. The van der Waals surface area contributed by atoms with Crippen molar-refractivity contribution >= 4 is 18.2 Å². The van der Waals surface area contributed by atoms with Crippen molar-refractivity contribution in [2.24, 2.45) is 5.92 Å². The number of hydrogen-bond donors (Lipinski definition) is 1. The van der Waals surface area contributed by atoms with E-state index in [0.717, 1.165) is 11.8 Å². The number of rotatable bonds is 10. The van der Waals surface area contributed by atoms with E-state index in [-0.39, 0.29) is 30.0 Å². The third-order valence-corrected chi connectivity index (χ3v) is 3.38. The van der Waals surface area contributed by atoms with E-state index >= 15 is 0 Å². The molecule has 1 aromatic carbocycles. The lowest BCUT2D eigenvalue weighted by Gasteiger charge is -2.17. The fraction of sp³-hybridized carbons (Fsp3) is 0.450. The van der Waals surface area contributed by atoms with Crippen LogP contribution in [-0.4, -0.2) is 43.2 Å². The molecule has 0 aromatic heterocycles. The molecule has 6 nitrogen and oxygen atoms in total. The van der Waals surface area contributed by atoms with Crippen LogP contribution < -0.4 is 0 Å². The summed E-state index contributed by atoms with van der Waals surface area (Å²) in [6.45, 7) is 6.77. The molecule has 2 atom stereocenters. The van der Waals surface area contributed by atoms with Crippen LogP contribution in [0.5, 0.6) is 0 Å². The SMILES string of the molecule is C=C(C)C(=O)O.COCCC(=O)OC(C)CC(C=O)Cc1ccccc1. The van der Waals surface area contributed by atoms with Crippen molar-refractivity contribution in [3.05, 3.63) is 48.0 Å². The standard InChI is InChI=1S/C16H22O4.C4H6O2/c1-13(20-16(18)8-9-19-2)10-15(12-17)11-14-6-4-3-5-7-14;1-3(2)4(5)6/h3-7,12-13,15H,8-11H2,1-2H3;1H2,2H3,(H,5,6). The minimum Gasteiger partial charge on any atom is -0.478 e. The second kappa shape index (κ2) is 13.8. The smallest absolute Gasteiger partial charge is 0.330 e. The molecular formula is C20H28O6. The van der Waals surface area contributed by atoms with Crippen molar-refractivity contribution < 1.29 is 29.0 Å². The summed E-state index contributed by atoms with van der Waals surface area (Å²) >= 11 is 0. The number of carbonyl (C=O) groups excluding carboxylic acids is 2. The number of carboxylic acids is 1. The summed E-state index contributed by atoms with van der Waals surface area (Å²) in [4.78, 5) is 32.2. The van der Waals surface area contributed by atoms with Gasteiger partial charge >= 0.3 is 11.9 Å². The van der Waals surface area contributed by atoms with Gasteiger partial charge in [-0.2, -0.15) is 0 Å². The first-order valence-electron chi connectivity index (χ1n) is 8.36. The Balaban J connectivity index is 0.000000896. The number of hydrogen-bond acceptors (Lipinski definition) is 5. The van der Waals surface area contributed by atoms with Gasteiger partial charge in [0.1, 0.15) is 6.29 Å². The lowest BCUT2D eigenvalue weighted by molar-refractivity contribution is -0.150. The summed E-state index contributed by atoms with van der Waals surface area (Å²) < 4.78 is 10.1. The third kappa shape index (κ3) is 12.0. The van der Waals surface area contributed by atoms with Crippen LogP contribution in [-0.2, 0) is 30.3 Å². The zero-order chi connectivity index (χ0) is 19.9. The Morgan fingerprint density at radius 1 is 1.27 bits per heavy atom. The van der Waals surface area contributed by atoms with Gasteiger partial charge in [-0.25, -0.2) is 4.79 Å². The second-order valence-electron chi connectivity index (χ2n) is 5.95. The summed E-state index contributed by atoms with van der Waals surface area (Å²) in [5.41, 5.74) is 1.29. The first-order chi connectivity index (χ1) is 12.3. The number of carbonyl (C=O) groups is 3. The van der Waals surface area contributed by atoms with Gasteiger partial charge in [0, 0.05) is 18.6 Å². The molecule has 26 heavy (non-hydrogen) atoms. The van der Waals surface area contributed by atoms with Crippen molar-refractivity contribution in [3.63, 3.8) is 0 Å². The molecule has 0 fully saturated rings. The Hall–Kier alpha value is -2.47. The molecule has 1 N–H and O–H groups in total. The highest BCUT2D eigenvalue weighted by atomic mass is 16.5. The molecule has 6 heteroatoms. The van der Waals surface area contributed by atoms with Gasteiger partial charge in [-0.15, -0.1) is 0 Å². The highest BCUT2D eigenvalue weighted by molar-refractivity contribution is 5.84. The van der Waals surface area contributed by atoms with Gasteiger partial charge in [0.2, 0.25) is 0 Å². The number of ether oxygens (including phenoxy) is 2. The molecule has 0 aliphatic heterocycles. The lowest BCUT2D eigenvalue weighted by atomic mass is 9.95. The zero-order valence-electron chi connectivity index (χ0n) is 15.6. The quantitative estimate of drug-likeness (QED) is 0.390. The molecular weight excluding hydrogens is 336 g/mol. The van der Waals surface area contributed by atoms with Crippen molar-refractivity contribution in [3.8, 4) is 0 Å². The molecule has 0 radical (unpaired) electrons. The van der Waals surface area contributed by atoms with Crippen LogP contribution in [0.3, 0.4) is 0 Å². The first-order valence-corrected chi connectivity index (χ1v) is 8.36. The van der Waals surface area contributed by atoms with E-state index < -0.39 is 5.97 Å². The maximum Gasteiger partial charge on any atom is 0.330 e. The maximum absolute atomic E-state index is 11.4. The normalized spacial score (nSPS) is 12.1. The van der Waals surface area contributed by atoms with Gasteiger partial charge < -0.3 is 19.4 Å². The van der Waals surface area contributed by atoms with Crippen molar-refractivity contribution in [2.45, 2.75) is 39.2 Å². The summed E-state index contributed by atoms with van der Waals surface area (Å²) in [5, 5.41) is 7.89. The lowest BCUT2D eigenvalue weighted by Crippen LogP contribution is -2.21. The van der Waals surface area contributed by atoms with Gasteiger partial charge in [-0.3, -0.25) is 4.79 Å². The van der Waals surface area contributed by atoms with Crippen LogP contribution in [0.4, 0.5) is 0 Å². The topological polar surface area (TPSA) is 89.9 Å². The van der Waals surface area contributed by atoms with Crippen LogP contribution in [0.25, 0.3) is 0 Å². The Labute approximate surface area is 154 Å². The van der Waals surface area contributed by atoms with Crippen LogP contribution in [0.15, 0.2) is 42.5 Å². The molecule has 0 aliphatic carbocycles. The Morgan fingerprint density at radius 3 is 2.31 bits per heavy atom. The maximum atomic E-state index is 11.4. The predicted octanol–water partition coefficient (Wildman–Crippen LogP) is 3.05. The minimum atomic E-state index is -0.935. The molecule has 1 aromatic rings. The number of benzene rings is 1. The average Bonchev–Trinajstić information content (AvgIpc) is 2.60. The van der Waals surface area contributed by atoms with Crippen LogP contribution in [0.2, 0.25) is 0 Å². The van der Waals surface area contributed by atoms with Gasteiger partial charge in [-0.05, 0) is 32.3 Å². The number of esters is 1. The zero-order valence-corrected chi connectivity index (χ0v) is 15.6. The second-order valence-corrected chi connectivity index (χ2v) is 5.95. The van der Waals surface area contributed by atoms with E-state index in [2.05, 4.69) is 6.58 Å². The van der Waals surface area contributed by atoms with Gasteiger partial charge in [-0.1, -0.05) is 36.9 Å². The van der Waals surface area contributed by atoms with Crippen molar-refractivity contribution in [2.75, 3.05) is 13.7 Å². The highest BCUT2D eigenvalue weighted by Crippen LogP contribution is 2.14. The molecule has 2 unspecified atom stereocenters. The number of carboxylic acid groups (broad SMARTS) is 1. The van der Waals surface area contributed by atoms with E-state index in [1.165, 1.54) is 6.92 Å². The number of methoxy groups -OCH3 is 1. The van der Waals surface area contributed by atoms with E-state index in [0.29, 0.717) is 19.4 Å². The highest BCUT2D eigenvalue weighted by Gasteiger charge is 2.16. The van der Waals surface area contributed by atoms with Gasteiger partial charge in [0.25, 0.3) is 0 Å². The number of aldehydes is 1.